The average Bonchev–Trinajstić information content (AvgIpc) is 3.29. The van der Waals surface area contributed by atoms with Crippen molar-refractivity contribution < 1.29 is 9.53 Å². The fraction of sp³-hybridized carbons (Fsp3) is 0.364. The van der Waals surface area contributed by atoms with E-state index < -0.39 is 0 Å². The van der Waals surface area contributed by atoms with Gasteiger partial charge in [0.05, 0.1) is 18.9 Å². The Morgan fingerprint density at radius 2 is 1.90 bits per heavy atom. The van der Waals surface area contributed by atoms with Crippen LogP contribution in [0, 0.1) is 6.92 Å². The van der Waals surface area contributed by atoms with Gasteiger partial charge in [0.1, 0.15) is 6.33 Å². The van der Waals surface area contributed by atoms with Crippen molar-refractivity contribution in [2.75, 3.05) is 32.8 Å². The Morgan fingerprint density at radius 3 is 2.60 bits per heavy atom. The topological polar surface area (TPSA) is 85.2 Å². The summed E-state index contributed by atoms with van der Waals surface area (Å²) >= 11 is 0. The smallest absolute Gasteiger partial charge is 0.251 e. The molecule has 0 unspecified atom stereocenters. The molecule has 1 aromatic heterocycles. The molecule has 1 aliphatic heterocycles. The maximum Gasteiger partial charge on any atom is 0.251 e. The lowest BCUT2D eigenvalue weighted by Gasteiger charge is -2.29. The first-order chi connectivity index (χ1) is 14.6. The first-order valence-electron chi connectivity index (χ1n) is 10.1. The number of hydrogen-bond acceptors (Lipinski definition) is 6. The van der Waals surface area contributed by atoms with E-state index in [9.17, 15) is 4.79 Å². The van der Waals surface area contributed by atoms with E-state index in [2.05, 4.69) is 56.9 Å². The third-order valence-electron chi connectivity index (χ3n) is 5.19. The van der Waals surface area contributed by atoms with Gasteiger partial charge in [0.2, 0.25) is 0 Å². The van der Waals surface area contributed by atoms with Crippen LogP contribution in [-0.2, 0) is 4.74 Å². The second-order valence-corrected chi connectivity index (χ2v) is 7.68. The number of nitrogens with one attached hydrogen (secondary N) is 1. The molecule has 0 aliphatic carbocycles. The zero-order valence-corrected chi connectivity index (χ0v) is 17.3. The maximum absolute atomic E-state index is 13.0. The number of tetrazole rings is 1. The number of nitrogens with zero attached hydrogens (tertiary/aromatic N) is 5. The first kappa shape index (κ1) is 20.2. The Kier molecular flexibility index (Phi) is 6.15. The lowest BCUT2D eigenvalue weighted by molar-refractivity contribution is 0.0342. The van der Waals surface area contributed by atoms with Crippen molar-refractivity contribution in [3.05, 3.63) is 59.9 Å². The van der Waals surface area contributed by atoms with Gasteiger partial charge in [-0.15, -0.1) is 5.10 Å². The molecule has 8 heteroatoms. The lowest BCUT2D eigenvalue weighted by atomic mass is 10.0. The molecular weight excluding hydrogens is 380 g/mol. The van der Waals surface area contributed by atoms with Crippen molar-refractivity contribution in [1.82, 2.24) is 30.4 Å². The highest BCUT2D eigenvalue weighted by Crippen LogP contribution is 2.24. The normalized spacial score (nSPS) is 15.7. The summed E-state index contributed by atoms with van der Waals surface area (Å²) in [5.41, 5.74) is 4.47. The van der Waals surface area contributed by atoms with E-state index in [0.29, 0.717) is 5.56 Å². The van der Waals surface area contributed by atoms with E-state index >= 15 is 0 Å². The largest absolute Gasteiger partial charge is 0.379 e. The molecule has 1 fully saturated rings. The molecule has 0 radical (unpaired) electrons. The Hall–Kier alpha value is -3.10. The number of carbonyl (C=O) groups excluding carboxylic acids is 1. The van der Waals surface area contributed by atoms with Gasteiger partial charge < -0.3 is 10.1 Å². The van der Waals surface area contributed by atoms with Gasteiger partial charge in [-0.3, -0.25) is 9.69 Å². The van der Waals surface area contributed by atoms with Gasteiger partial charge in [-0.25, -0.2) is 4.68 Å². The SMILES string of the molecule is Cc1ccc(-c2cc(C(=O)N[C@@H](C)CN3CCOCC3)cc(-n3cnnn3)c2)cc1. The van der Waals surface area contributed by atoms with Gasteiger partial charge >= 0.3 is 0 Å². The summed E-state index contributed by atoms with van der Waals surface area (Å²) in [4.78, 5) is 15.4. The Bertz CT molecular complexity index is 981. The van der Waals surface area contributed by atoms with Crippen molar-refractivity contribution in [1.29, 1.82) is 0 Å². The Labute approximate surface area is 175 Å². The molecule has 1 saturated heterocycles. The molecule has 0 spiro atoms. The zero-order valence-electron chi connectivity index (χ0n) is 17.3. The highest BCUT2D eigenvalue weighted by atomic mass is 16.5. The number of amides is 1. The van der Waals surface area contributed by atoms with Gasteiger partial charge in [0.15, 0.2) is 0 Å². The molecule has 8 nitrogen and oxygen atoms in total. The van der Waals surface area contributed by atoms with Crippen LogP contribution in [0.4, 0.5) is 0 Å². The molecule has 1 N–H and O–H groups in total. The molecule has 1 aliphatic rings. The van der Waals surface area contributed by atoms with Crippen LogP contribution in [0.5, 0.6) is 0 Å². The number of aromatic nitrogens is 4. The van der Waals surface area contributed by atoms with Crippen LogP contribution in [0.15, 0.2) is 48.8 Å². The number of benzene rings is 2. The van der Waals surface area contributed by atoms with Gasteiger partial charge in [-0.05, 0) is 53.6 Å². The molecule has 1 atom stereocenters. The molecule has 1 amide bonds. The number of aryl methyl sites for hydroxylation is 1. The number of rotatable bonds is 6. The summed E-state index contributed by atoms with van der Waals surface area (Å²) in [5.74, 6) is -0.112. The molecule has 156 valence electrons. The van der Waals surface area contributed by atoms with Crippen LogP contribution in [0.25, 0.3) is 16.8 Å². The molecule has 0 saturated carbocycles. The van der Waals surface area contributed by atoms with Crippen LogP contribution in [0.1, 0.15) is 22.8 Å². The van der Waals surface area contributed by atoms with Crippen LogP contribution in [0.3, 0.4) is 0 Å². The average molecular weight is 406 g/mol. The molecule has 2 heterocycles. The number of carbonyl (C=O) groups is 1. The first-order valence-corrected chi connectivity index (χ1v) is 10.1. The summed E-state index contributed by atoms with van der Waals surface area (Å²) in [6.45, 7) is 8.16. The molecule has 2 aromatic carbocycles. The predicted molar refractivity (Wildman–Crippen MR) is 114 cm³/mol. The van der Waals surface area contributed by atoms with E-state index in [0.717, 1.165) is 49.7 Å². The van der Waals surface area contributed by atoms with Gasteiger partial charge in [0, 0.05) is 31.2 Å². The van der Waals surface area contributed by atoms with Gasteiger partial charge in [0.25, 0.3) is 5.91 Å². The highest BCUT2D eigenvalue weighted by molar-refractivity contribution is 5.96. The van der Waals surface area contributed by atoms with Crippen molar-refractivity contribution in [3.8, 4) is 16.8 Å². The van der Waals surface area contributed by atoms with E-state index in [4.69, 9.17) is 4.74 Å². The van der Waals surface area contributed by atoms with Crippen molar-refractivity contribution in [2.45, 2.75) is 19.9 Å². The van der Waals surface area contributed by atoms with Crippen molar-refractivity contribution in [2.24, 2.45) is 0 Å². The highest BCUT2D eigenvalue weighted by Gasteiger charge is 2.17. The molecular formula is C22H26N6O2. The van der Waals surface area contributed by atoms with Crippen LogP contribution in [0.2, 0.25) is 0 Å². The quantitative estimate of drug-likeness (QED) is 0.675. The molecule has 4 rings (SSSR count). The van der Waals surface area contributed by atoms with E-state index in [-0.39, 0.29) is 11.9 Å². The minimum Gasteiger partial charge on any atom is -0.379 e. The van der Waals surface area contributed by atoms with E-state index in [1.165, 1.54) is 11.9 Å². The Morgan fingerprint density at radius 1 is 1.13 bits per heavy atom. The predicted octanol–water partition coefficient (Wildman–Crippen LogP) is 2.09. The van der Waals surface area contributed by atoms with Crippen LogP contribution >= 0.6 is 0 Å². The van der Waals surface area contributed by atoms with Gasteiger partial charge in [-0.1, -0.05) is 29.8 Å². The molecule has 0 bridgehead atoms. The van der Waals surface area contributed by atoms with Gasteiger partial charge in [-0.2, -0.15) is 0 Å². The number of ether oxygens (including phenoxy) is 1. The van der Waals surface area contributed by atoms with E-state index in [1.807, 2.05) is 25.1 Å². The summed E-state index contributed by atoms with van der Waals surface area (Å²) in [5, 5.41) is 14.5. The summed E-state index contributed by atoms with van der Waals surface area (Å²) < 4.78 is 6.96. The summed E-state index contributed by atoms with van der Waals surface area (Å²) in [6, 6.07) is 13.9. The standard InChI is InChI=1S/C22H26N6O2/c1-16-3-5-18(6-4-16)19-11-20(13-21(12-19)28-15-23-25-26-28)22(29)24-17(2)14-27-7-9-30-10-8-27/h3-6,11-13,15,17H,7-10,14H2,1-2H3,(H,24,29)/t17-/m0/s1. The fourth-order valence-corrected chi connectivity index (χ4v) is 3.59. The van der Waals surface area contributed by atoms with Crippen LogP contribution < -0.4 is 5.32 Å². The monoisotopic (exact) mass is 406 g/mol. The van der Waals surface area contributed by atoms with Crippen LogP contribution in [-0.4, -0.2) is 69.9 Å². The molecule has 3 aromatic rings. The van der Waals surface area contributed by atoms with Crippen molar-refractivity contribution in [3.63, 3.8) is 0 Å². The summed E-state index contributed by atoms with van der Waals surface area (Å²) in [6.07, 6.45) is 1.52. The minimum atomic E-state index is -0.112. The lowest BCUT2D eigenvalue weighted by Crippen LogP contribution is -2.46. The number of hydrogen-bond donors (Lipinski definition) is 1. The second kappa shape index (κ2) is 9.15. The third-order valence-corrected chi connectivity index (χ3v) is 5.19. The third kappa shape index (κ3) is 4.90. The minimum absolute atomic E-state index is 0.0233. The van der Waals surface area contributed by atoms with Crippen molar-refractivity contribution >= 4 is 5.91 Å². The van der Waals surface area contributed by atoms with E-state index in [1.54, 1.807) is 4.68 Å². The maximum atomic E-state index is 13.0. The zero-order chi connectivity index (χ0) is 20.9. The fourth-order valence-electron chi connectivity index (χ4n) is 3.59. The number of morpholine rings is 1. The second-order valence-electron chi connectivity index (χ2n) is 7.68. The Balaban J connectivity index is 1.57. The molecule has 30 heavy (non-hydrogen) atoms. The summed E-state index contributed by atoms with van der Waals surface area (Å²) in [7, 11) is 0.